The third-order valence-electron chi connectivity index (χ3n) is 4.31. The smallest absolute Gasteiger partial charge is 0.233 e. The maximum atomic E-state index is 11.8. The highest BCUT2D eigenvalue weighted by molar-refractivity contribution is 6.05. The maximum absolute atomic E-state index is 11.8. The van der Waals surface area contributed by atoms with Crippen LogP contribution in [0.3, 0.4) is 0 Å². The molecule has 0 spiro atoms. The Bertz CT molecular complexity index is 323. The Labute approximate surface area is 86.7 Å². The fourth-order valence-corrected chi connectivity index (χ4v) is 3.58. The van der Waals surface area contributed by atoms with Gasteiger partial charge in [0.25, 0.3) is 0 Å². The van der Waals surface area contributed by atoms with Gasteiger partial charge in [0, 0.05) is 18.9 Å². The molecule has 2 amide bonds. The topological polar surface area (TPSA) is 77.8 Å². The summed E-state index contributed by atoms with van der Waals surface area (Å²) in [5.41, 5.74) is 0. The van der Waals surface area contributed by atoms with E-state index in [1.807, 2.05) is 0 Å². The van der Waals surface area contributed by atoms with Crippen molar-refractivity contribution in [3.05, 3.63) is 0 Å². The number of rotatable bonds is 0. The first kappa shape index (κ1) is 9.30. The van der Waals surface area contributed by atoms with Gasteiger partial charge in [-0.3, -0.25) is 14.5 Å². The molecule has 0 radical (unpaired) electrons. The van der Waals surface area contributed by atoms with Crippen molar-refractivity contribution < 1.29 is 19.8 Å². The predicted molar refractivity (Wildman–Crippen MR) is 48.4 cm³/mol. The number of aliphatic hydroxyl groups is 2. The van der Waals surface area contributed by atoms with Crippen LogP contribution in [0, 0.1) is 23.7 Å². The van der Waals surface area contributed by atoms with E-state index in [1.165, 1.54) is 7.05 Å². The van der Waals surface area contributed by atoms with Gasteiger partial charge in [-0.25, -0.2) is 0 Å². The van der Waals surface area contributed by atoms with Gasteiger partial charge in [-0.05, 0) is 6.42 Å². The van der Waals surface area contributed by atoms with Gasteiger partial charge in [0.05, 0.1) is 24.0 Å². The minimum absolute atomic E-state index is 0.191. The first-order valence-electron chi connectivity index (χ1n) is 5.21. The van der Waals surface area contributed by atoms with Gasteiger partial charge in [-0.2, -0.15) is 0 Å². The van der Waals surface area contributed by atoms with Gasteiger partial charge in [0.15, 0.2) is 0 Å². The van der Waals surface area contributed by atoms with E-state index in [-0.39, 0.29) is 35.5 Å². The lowest BCUT2D eigenvalue weighted by atomic mass is 9.78. The van der Waals surface area contributed by atoms with Crippen molar-refractivity contribution in [2.45, 2.75) is 18.6 Å². The van der Waals surface area contributed by atoms with Crippen molar-refractivity contribution in [3.8, 4) is 0 Å². The largest absolute Gasteiger partial charge is 0.390 e. The van der Waals surface area contributed by atoms with Crippen LogP contribution in [0.5, 0.6) is 0 Å². The van der Waals surface area contributed by atoms with Crippen LogP contribution in [0.15, 0.2) is 0 Å². The van der Waals surface area contributed by atoms with E-state index in [1.54, 1.807) is 0 Å². The van der Waals surface area contributed by atoms with E-state index in [0.29, 0.717) is 6.42 Å². The summed E-state index contributed by atoms with van der Waals surface area (Å²) in [6, 6.07) is 0. The Morgan fingerprint density at radius 2 is 1.47 bits per heavy atom. The molecule has 3 aliphatic rings. The van der Waals surface area contributed by atoms with E-state index in [2.05, 4.69) is 0 Å². The molecule has 3 rings (SSSR count). The molecule has 2 N–H and O–H groups in total. The van der Waals surface area contributed by atoms with Gasteiger partial charge in [0.2, 0.25) is 11.8 Å². The minimum atomic E-state index is -0.834. The van der Waals surface area contributed by atoms with E-state index in [9.17, 15) is 19.8 Å². The molecular formula is C10H13NO4. The molecule has 15 heavy (non-hydrogen) atoms. The van der Waals surface area contributed by atoms with Crippen molar-refractivity contribution in [1.82, 2.24) is 4.90 Å². The van der Waals surface area contributed by atoms with Gasteiger partial charge in [-0.1, -0.05) is 0 Å². The lowest BCUT2D eigenvalue weighted by Gasteiger charge is -2.29. The fourth-order valence-electron chi connectivity index (χ4n) is 3.58. The summed E-state index contributed by atoms with van der Waals surface area (Å²) in [6.45, 7) is 0. The quantitative estimate of drug-likeness (QED) is 0.482. The Hall–Kier alpha value is -0.940. The zero-order chi connectivity index (χ0) is 10.9. The Kier molecular flexibility index (Phi) is 1.61. The molecule has 2 saturated carbocycles. The number of hydrogen-bond acceptors (Lipinski definition) is 4. The molecule has 0 unspecified atom stereocenters. The second-order valence-corrected chi connectivity index (χ2v) is 4.83. The molecule has 0 aromatic rings. The summed E-state index contributed by atoms with van der Waals surface area (Å²) >= 11 is 0. The molecule has 5 nitrogen and oxygen atoms in total. The average molecular weight is 211 g/mol. The zero-order valence-electron chi connectivity index (χ0n) is 8.33. The second kappa shape index (κ2) is 2.59. The molecule has 2 bridgehead atoms. The number of nitrogens with zero attached hydrogens (tertiary/aromatic N) is 1. The van der Waals surface area contributed by atoms with E-state index < -0.39 is 12.2 Å². The lowest BCUT2D eigenvalue weighted by Crippen LogP contribution is -2.43. The maximum Gasteiger partial charge on any atom is 0.233 e. The van der Waals surface area contributed by atoms with Crippen LogP contribution in [-0.4, -0.2) is 46.2 Å². The normalized spacial score (nSPS) is 52.9. The van der Waals surface area contributed by atoms with Crippen LogP contribution in [0.25, 0.3) is 0 Å². The molecule has 0 aromatic carbocycles. The van der Waals surface area contributed by atoms with Gasteiger partial charge < -0.3 is 10.2 Å². The summed E-state index contributed by atoms with van der Waals surface area (Å²) < 4.78 is 0. The van der Waals surface area contributed by atoms with Crippen molar-refractivity contribution in [2.24, 2.45) is 23.7 Å². The highest BCUT2D eigenvalue weighted by Crippen LogP contribution is 2.55. The number of fused-ring (bicyclic) bond motifs is 5. The molecule has 3 fully saturated rings. The molecule has 6 atom stereocenters. The molecule has 0 aromatic heterocycles. The molecule has 82 valence electrons. The van der Waals surface area contributed by atoms with Gasteiger partial charge in [-0.15, -0.1) is 0 Å². The number of carbonyl (C=O) groups is 2. The highest BCUT2D eigenvalue weighted by atomic mass is 16.3. The first-order chi connectivity index (χ1) is 7.04. The summed E-state index contributed by atoms with van der Waals surface area (Å²) in [7, 11) is 1.47. The van der Waals surface area contributed by atoms with Crippen molar-refractivity contribution in [3.63, 3.8) is 0 Å². The number of hydrogen-bond donors (Lipinski definition) is 2. The summed E-state index contributed by atoms with van der Waals surface area (Å²) in [5, 5.41) is 19.4. The SMILES string of the molecule is CN1C(=O)[C@@H]2[C@H]3C[C@H]([C@H](O)[C@H]3O)[C@@H]2C1=O. The van der Waals surface area contributed by atoms with E-state index in [4.69, 9.17) is 0 Å². The van der Waals surface area contributed by atoms with Crippen molar-refractivity contribution in [2.75, 3.05) is 7.05 Å². The standard InChI is InChI=1S/C10H13NO4/c1-11-9(14)5-3-2-4(6(5)10(11)15)8(13)7(3)12/h3-8,12-13H,2H2,1H3/t3-,4+,5-,6+,7-,8-/m0/s1. The Morgan fingerprint density at radius 1 is 1.07 bits per heavy atom. The number of imide groups is 1. The number of aliphatic hydroxyl groups excluding tert-OH is 2. The second-order valence-electron chi connectivity index (χ2n) is 4.83. The van der Waals surface area contributed by atoms with Crippen LogP contribution >= 0.6 is 0 Å². The van der Waals surface area contributed by atoms with Gasteiger partial charge >= 0.3 is 0 Å². The fraction of sp³-hybridized carbons (Fsp3) is 0.800. The highest BCUT2D eigenvalue weighted by Gasteiger charge is 2.66. The molecule has 1 heterocycles. The number of amides is 2. The predicted octanol–water partition coefficient (Wildman–Crippen LogP) is -1.41. The zero-order valence-corrected chi connectivity index (χ0v) is 8.33. The van der Waals surface area contributed by atoms with Crippen molar-refractivity contribution in [1.29, 1.82) is 0 Å². The van der Waals surface area contributed by atoms with Crippen LogP contribution in [0.1, 0.15) is 6.42 Å². The van der Waals surface area contributed by atoms with Crippen molar-refractivity contribution >= 4 is 11.8 Å². The van der Waals surface area contributed by atoms with Crippen LogP contribution in [0.4, 0.5) is 0 Å². The van der Waals surface area contributed by atoms with Gasteiger partial charge in [0.1, 0.15) is 0 Å². The summed E-state index contributed by atoms with van der Waals surface area (Å²) in [4.78, 5) is 24.6. The summed E-state index contributed by atoms with van der Waals surface area (Å²) in [5.74, 6) is -1.60. The minimum Gasteiger partial charge on any atom is -0.390 e. The molecule has 5 heteroatoms. The number of likely N-dealkylation sites (tertiary alicyclic amines) is 1. The van der Waals surface area contributed by atoms with E-state index in [0.717, 1.165) is 4.90 Å². The van der Waals surface area contributed by atoms with Crippen LogP contribution in [0.2, 0.25) is 0 Å². The third kappa shape index (κ3) is 0.862. The van der Waals surface area contributed by atoms with Crippen LogP contribution < -0.4 is 0 Å². The Balaban J connectivity index is 2.02. The number of carbonyl (C=O) groups excluding carboxylic acids is 2. The third-order valence-corrected chi connectivity index (χ3v) is 4.31. The molecule has 1 aliphatic heterocycles. The average Bonchev–Trinajstić information content (AvgIpc) is 2.79. The first-order valence-corrected chi connectivity index (χ1v) is 5.21. The molecule has 2 aliphatic carbocycles. The molecular weight excluding hydrogens is 198 g/mol. The summed E-state index contributed by atoms with van der Waals surface area (Å²) in [6.07, 6.45) is -1.07. The Morgan fingerprint density at radius 3 is 1.87 bits per heavy atom. The van der Waals surface area contributed by atoms with E-state index >= 15 is 0 Å². The molecule has 1 saturated heterocycles. The lowest BCUT2D eigenvalue weighted by molar-refractivity contribution is -0.139. The monoisotopic (exact) mass is 211 g/mol. The van der Waals surface area contributed by atoms with Crippen LogP contribution in [-0.2, 0) is 9.59 Å².